The van der Waals surface area contributed by atoms with Gasteiger partial charge in [0.05, 0.1) is 0 Å². The van der Waals surface area contributed by atoms with E-state index in [1.54, 1.807) is 0 Å². The standard InChI is InChI=1S/20Na.H4O4Si.20H/c;;;;;;;;;;;;;;;;;;;;1-5(2,3)4;;;;;;;;;;;;;;;;;;;;/h;;;;;;;;;;;;;;;;;;;;1-4H;;;;;;;;;;;;;;;;;;;;/q20*+1;;20*-1. The molecule has 0 aromatic rings. The third kappa shape index (κ3) is 194. The average molecular weight is 576 g/mol. The Morgan fingerprint density at radius 2 is 0.240 bits per heavy atom. The van der Waals surface area contributed by atoms with Crippen LogP contribution in [0.25, 0.3) is 0 Å². The molecular formula is H24Na20O4Si. The van der Waals surface area contributed by atoms with E-state index in [0.29, 0.717) is 0 Å². The molecule has 0 radical (unpaired) electrons. The molecule has 72 valence electrons. The molecule has 0 atom stereocenters. The largest absolute Gasteiger partial charge is 1.00 e. The molecule has 4 N–H and O–H groups in total. The minimum atomic E-state index is -4.61. The van der Waals surface area contributed by atoms with E-state index >= 15 is 0 Å². The number of rotatable bonds is 0. The monoisotopic (exact) mass is 576 g/mol. The summed E-state index contributed by atoms with van der Waals surface area (Å²) in [5.41, 5.74) is 0. The Kier molecular flexibility index (Phi) is 727. The van der Waals surface area contributed by atoms with Crippen LogP contribution in [0, 0.1) is 0 Å². The molecule has 0 aliphatic carbocycles. The molecule has 0 bridgehead atoms. The predicted octanol–water partition coefficient (Wildman–Crippen LogP) is -60.3. The Bertz CT molecular complexity index is 81.8. The van der Waals surface area contributed by atoms with Crippen LogP contribution in [0.5, 0.6) is 0 Å². The molecule has 0 aromatic heterocycles. The van der Waals surface area contributed by atoms with Gasteiger partial charge < -0.3 is 47.7 Å². The Morgan fingerprint density at radius 1 is 0.240 bits per heavy atom. The molecule has 0 fully saturated rings. The first kappa shape index (κ1) is 151. The molecule has 0 spiro atoms. The smallest absolute Gasteiger partial charge is 1.00 e. The van der Waals surface area contributed by atoms with Crippen molar-refractivity contribution in [3.8, 4) is 0 Å². The average Bonchev–Trinajstić information content (AvgIpc) is 0.722. The van der Waals surface area contributed by atoms with E-state index in [2.05, 4.69) is 0 Å². The maximum atomic E-state index is 7.33. The van der Waals surface area contributed by atoms with Crippen molar-refractivity contribution in [3.05, 3.63) is 0 Å². The molecule has 0 unspecified atom stereocenters. The van der Waals surface area contributed by atoms with Gasteiger partial charge in [-0.25, -0.2) is 0 Å². The van der Waals surface area contributed by atoms with Crippen molar-refractivity contribution >= 4 is 9.05 Å². The second kappa shape index (κ2) is 120. The molecule has 0 saturated heterocycles. The van der Waals surface area contributed by atoms with Crippen molar-refractivity contribution in [2.75, 3.05) is 0 Å². The molecule has 0 heterocycles. The SMILES string of the molecule is O[Si](O)(O)O.[H-].[H-].[H-].[H-].[H-].[H-].[H-].[H-].[H-].[H-].[H-].[H-].[H-].[H-].[H-].[H-].[H-].[H-].[H-].[H-].[Na+].[Na+].[Na+].[Na+].[Na+].[Na+].[Na+].[Na+].[Na+].[Na+].[Na+].[Na+].[Na+].[Na+].[Na+].[Na+].[Na+].[Na+].[Na+].[Na+]. The number of hydrogen-bond donors (Lipinski definition) is 4. The first-order valence-corrected chi connectivity index (χ1v) is 2.68. The van der Waals surface area contributed by atoms with Crippen molar-refractivity contribution in [1.29, 1.82) is 0 Å². The van der Waals surface area contributed by atoms with Gasteiger partial charge in [-0.1, -0.05) is 0 Å². The zero-order chi connectivity index (χ0) is 4.50. The summed E-state index contributed by atoms with van der Waals surface area (Å²) in [5, 5.41) is 0. The van der Waals surface area contributed by atoms with Crippen molar-refractivity contribution in [1.82, 2.24) is 0 Å². The van der Waals surface area contributed by atoms with Gasteiger partial charge in [-0.15, -0.1) is 0 Å². The van der Waals surface area contributed by atoms with Crippen LogP contribution < -0.4 is 591 Å². The zero-order valence-corrected chi connectivity index (χ0v) is 63.3. The summed E-state index contributed by atoms with van der Waals surface area (Å²) in [6.07, 6.45) is 0. The van der Waals surface area contributed by atoms with Crippen LogP contribution in [-0.4, -0.2) is 28.2 Å². The van der Waals surface area contributed by atoms with E-state index in [1.807, 2.05) is 0 Å². The van der Waals surface area contributed by atoms with Gasteiger partial charge in [0.25, 0.3) is 0 Å². The minimum Gasteiger partial charge on any atom is -1.00 e. The van der Waals surface area contributed by atoms with E-state index in [9.17, 15) is 0 Å². The van der Waals surface area contributed by atoms with Crippen LogP contribution >= 0.6 is 0 Å². The van der Waals surface area contributed by atoms with Crippen LogP contribution in [0.2, 0.25) is 0 Å². The molecule has 25 heavy (non-hydrogen) atoms. The Balaban J connectivity index is -0.000000000103. The molecule has 0 amide bonds. The van der Waals surface area contributed by atoms with Crippen LogP contribution in [0.1, 0.15) is 28.5 Å². The zero-order valence-electron chi connectivity index (χ0n) is 42.3. The van der Waals surface area contributed by atoms with Crippen molar-refractivity contribution in [2.45, 2.75) is 0 Å². The van der Waals surface area contributed by atoms with E-state index in [4.69, 9.17) is 19.2 Å². The first-order valence-electron chi connectivity index (χ1n) is 0.894. The molecule has 25 heteroatoms. The summed E-state index contributed by atoms with van der Waals surface area (Å²) in [6, 6.07) is 0. The third-order valence-electron chi connectivity index (χ3n) is 0. The molecule has 4 nitrogen and oxygen atoms in total. The predicted molar refractivity (Wildman–Crippen MR) is 36.9 cm³/mol. The number of hydrogen-bond acceptors (Lipinski definition) is 4. The van der Waals surface area contributed by atoms with Crippen LogP contribution in [-0.2, 0) is 0 Å². The van der Waals surface area contributed by atoms with Gasteiger partial charge in [-0.2, -0.15) is 0 Å². The van der Waals surface area contributed by atoms with Gasteiger partial charge in [0.2, 0.25) is 0 Å². The summed E-state index contributed by atoms with van der Waals surface area (Å²) in [6.45, 7) is 0. The van der Waals surface area contributed by atoms with Crippen LogP contribution in [0.15, 0.2) is 0 Å². The fourth-order valence-corrected chi connectivity index (χ4v) is 0. The van der Waals surface area contributed by atoms with Gasteiger partial charge in [-0.3, -0.25) is 0 Å². The van der Waals surface area contributed by atoms with Gasteiger partial charge in [0, 0.05) is 0 Å². The topological polar surface area (TPSA) is 80.9 Å². The van der Waals surface area contributed by atoms with Gasteiger partial charge >= 0.3 is 600 Å². The van der Waals surface area contributed by atoms with E-state index in [0.717, 1.165) is 0 Å². The first-order chi connectivity index (χ1) is 2.00. The third-order valence-corrected chi connectivity index (χ3v) is 0. The Morgan fingerprint density at radius 3 is 0.240 bits per heavy atom. The maximum absolute atomic E-state index is 7.33. The van der Waals surface area contributed by atoms with Crippen LogP contribution in [0.4, 0.5) is 0 Å². The molecule has 0 aliphatic heterocycles. The molecule has 0 aromatic carbocycles. The summed E-state index contributed by atoms with van der Waals surface area (Å²) < 4.78 is 0. The van der Waals surface area contributed by atoms with E-state index in [-0.39, 0.29) is 620 Å². The van der Waals surface area contributed by atoms with Gasteiger partial charge in [0.1, 0.15) is 0 Å². The molecular weight excluding hydrogens is 552 g/mol. The Hall–Kier alpha value is 20.1. The Labute approximate surface area is 627 Å². The second-order valence-corrected chi connectivity index (χ2v) is 1.80. The molecule has 0 aliphatic rings. The van der Waals surface area contributed by atoms with E-state index in [1.165, 1.54) is 0 Å². The van der Waals surface area contributed by atoms with E-state index < -0.39 is 9.05 Å². The van der Waals surface area contributed by atoms with Gasteiger partial charge in [-0.05, 0) is 0 Å². The fraction of sp³-hybridized carbons (Fsp3) is 0. The fourth-order valence-electron chi connectivity index (χ4n) is 0. The summed E-state index contributed by atoms with van der Waals surface area (Å²) in [5.74, 6) is 0. The van der Waals surface area contributed by atoms with Crippen molar-refractivity contribution < 1.29 is 639 Å². The van der Waals surface area contributed by atoms with Crippen LogP contribution in [0.3, 0.4) is 0 Å². The molecule has 0 rings (SSSR count). The molecule has 0 saturated carbocycles. The quantitative estimate of drug-likeness (QED) is 0.216. The van der Waals surface area contributed by atoms with Gasteiger partial charge in [0.15, 0.2) is 0 Å². The van der Waals surface area contributed by atoms with Crippen molar-refractivity contribution in [3.63, 3.8) is 0 Å². The normalized spacial score (nSPS) is 2.40. The minimum absolute atomic E-state index is 0. The summed E-state index contributed by atoms with van der Waals surface area (Å²) in [4.78, 5) is 29.3. The summed E-state index contributed by atoms with van der Waals surface area (Å²) in [7, 11) is -4.61. The maximum Gasteiger partial charge on any atom is 1.00 e. The van der Waals surface area contributed by atoms with Crippen molar-refractivity contribution in [2.24, 2.45) is 0 Å². The second-order valence-electron chi connectivity index (χ2n) is 0.600. The summed E-state index contributed by atoms with van der Waals surface area (Å²) >= 11 is 0.